The van der Waals surface area contributed by atoms with Gasteiger partial charge in [0, 0.05) is 20.2 Å². The van der Waals surface area contributed by atoms with Gasteiger partial charge >= 0.3 is 0 Å². The lowest BCUT2D eigenvalue weighted by Gasteiger charge is -2.08. The predicted octanol–water partition coefficient (Wildman–Crippen LogP) is 1.28. The summed E-state index contributed by atoms with van der Waals surface area (Å²) in [5, 5.41) is 9.39. The van der Waals surface area contributed by atoms with E-state index in [1.807, 2.05) is 6.07 Å². The largest absolute Gasteiger partial charge is 0.283 e. The first-order chi connectivity index (χ1) is 8.59. The molecule has 0 N–H and O–H groups in total. The van der Waals surface area contributed by atoms with Crippen LogP contribution in [-0.2, 0) is 9.59 Å². The molecule has 1 aromatic rings. The second kappa shape index (κ2) is 4.79. The van der Waals surface area contributed by atoms with E-state index in [-0.39, 0.29) is 0 Å². The van der Waals surface area contributed by atoms with Gasteiger partial charge in [0.2, 0.25) is 0 Å². The fourth-order valence-electron chi connectivity index (χ4n) is 1.49. The van der Waals surface area contributed by atoms with Crippen LogP contribution in [0.3, 0.4) is 0 Å². The quantitative estimate of drug-likeness (QED) is 0.457. The summed E-state index contributed by atoms with van der Waals surface area (Å²) in [7, 11) is 3.31. The maximum absolute atomic E-state index is 12.0. The monoisotopic (exact) mass is 244 g/mol. The molecule has 0 unspecified atom stereocenters. The summed E-state index contributed by atoms with van der Waals surface area (Å²) in [4.78, 5) is 23.6. The Bertz CT molecular complexity index is 534. The van der Waals surface area contributed by atoms with E-state index < -0.39 is 11.8 Å². The summed E-state index contributed by atoms with van der Waals surface area (Å²) in [6.07, 6.45) is 1.27. The van der Waals surface area contributed by atoms with Crippen LogP contribution >= 0.6 is 0 Å². The van der Waals surface area contributed by atoms with E-state index in [4.69, 9.17) is 0 Å². The molecule has 0 saturated carbocycles. The van der Waals surface area contributed by atoms with Gasteiger partial charge < -0.3 is 0 Å². The van der Waals surface area contributed by atoms with Crippen molar-refractivity contribution in [2.45, 2.75) is 0 Å². The first-order valence-electron chi connectivity index (χ1n) is 5.34. The number of hydrogen-bond acceptors (Lipinski definition) is 4. The third-order valence-electron chi connectivity index (χ3n) is 2.29. The Hall–Kier alpha value is -2.50. The molecule has 6 nitrogen and oxygen atoms in total. The highest BCUT2D eigenvalue weighted by atomic mass is 16.2. The van der Waals surface area contributed by atoms with E-state index in [0.717, 1.165) is 5.01 Å². The average Bonchev–Trinajstić information content (AvgIpc) is 2.63. The molecule has 1 aliphatic rings. The number of benzene rings is 1. The Kier molecular flexibility index (Phi) is 3.18. The molecule has 1 heterocycles. The Labute approximate surface area is 104 Å². The second-order valence-electron chi connectivity index (χ2n) is 3.91. The van der Waals surface area contributed by atoms with E-state index in [1.54, 1.807) is 38.4 Å². The lowest BCUT2D eigenvalue weighted by atomic mass is 10.1. The van der Waals surface area contributed by atoms with Gasteiger partial charge in [-0.25, -0.2) is 0 Å². The maximum Gasteiger partial charge on any atom is 0.283 e. The third kappa shape index (κ3) is 2.27. The summed E-state index contributed by atoms with van der Waals surface area (Å²) in [6, 6.07) is 8.98. The second-order valence-corrected chi connectivity index (χ2v) is 3.91. The zero-order valence-corrected chi connectivity index (χ0v) is 10.1. The van der Waals surface area contributed by atoms with E-state index >= 15 is 0 Å². The van der Waals surface area contributed by atoms with Crippen molar-refractivity contribution in [1.29, 1.82) is 0 Å². The molecule has 0 aromatic heterocycles. The Morgan fingerprint density at radius 2 is 1.78 bits per heavy atom. The number of carbonyl (C=O) groups excluding carboxylic acids is 2. The molecule has 6 heteroatoms. The van der Waals surface area contributed by atoms with Crippen molar-refractivity contribution in [2.24, 2.45) is 10.4 Å². The average molecular weight is 244 g/mol. The van der Waals surface area contributed by atoms with Crippen molar-refractivity contribution < 1.29 is 9.59 Å². The SMILES string of the molecule is CN(C)N=NN1C(=O)C=C(c2ccccc2)C1=O. The van der Waals surface area contributed by atoms with Gasteiger partial charge in [-0.1, -0.05) is 35.6 Å². The predicted molar refractivity (Wildman–Crippen MR) is 64.8 cm³/mol. The van der Waals surface area contributed by atoms with Crippen LogP contribution in [0.5, 0.6) is 0 Å². The van der Waals surface area contributed by atoms with E-state index in [9.17, 15) is 9.59 Å². The fourth-order valence-corrected chi connectivity index (χ4v) is 1.49. The molecule has 0 aliphatic carbocycles. The smallest absolute Gasteiger partial charge is 0.283 e. The molecule has 0 bridgehead atoms. The zero-order chi connectivity index (χ0) is 13.1. The normalized spacial score (nSPS) is 15.4. The van der Waals surface area contributed by atoms with E-state index in [1.165, 1.54) is 11.1 Å². The standard InChI is InChI=1S/C12H12N4O2/c1-15(2)13-14-16-11(17)8-10(12(16)18)9-6-4-3-5-7-9/h3-8H,1-2H3. The molecule has 0 atom stereocenters. The van der Waals surface area contributed by atoms with Gasteiger partial charge in [-0.05, 0) is 10.8 Å². The molecule has 0 radical (unpaired) electrons. The molecule has 2 amide bonds. The van der Waals surface area contributed by atoms with Crippen molar-refractivity contribution in [3.05, 3.63) is 42.0 Å². The van der Waals surface area contributed by atoms with Crippen molar-refractivity contribution in [3.63, 3.8) is 0 Å². The van der Waals surface area contributed by atoms with Crippen LogP contribution in [0.2, 0.25) is 0 Å². The van der Waals surface area contributed by atoms with E-state index in [2.05, 4.69) is 10.4 Å². The minimum atomic E-state index is -0.482. The summed E-state index contributed by atoms with van der Waals surface area (Å²) in [6.45, 7) is 0. The van der Waals surface area contributed by atoms with Crippen LogP contribution in [0.1, 0.15) is 5.56 Å². The molecule has 1 aliphatic heterocycles. The van der Waals surface area contributed by atoms with Crippen LogP contribution in [-0.4, -0.2) is 35.9 Å². The Balaban J connectivity index is 2.25. The Morgan fingerprint density at radius 3 is 2.39 bits per heavy atom. The highest BCUT2D eigenvalue weighted by Crippen LogP contribution is 2.23. The maximum atomic E-state index is 12.0. The first-order valence-corrected chi connectivity index (χ1v) is 5.34. The first kappa shape index (κ1) is 12.0. The van der Waals surface area contributed by atoms with Crippen molar-refractivity contribution in [1.82, 2.24) is 10.0 Å². The van der Waals surface area contributed by atoms with Gasteiger partial charge in [-0.2, -0.15) is 0 Å². The van der Waals surface area contributed by atoms with Gasteiger partial charge in [-0.15, -0.1) is 5.01 Å². The number of carbonyl (C=O) groups is 2. The van der Waals surface area contributed by atoms with Crippen LogP contribution in [0.15, 0.2) is 46.9 Å². The number of amides is 2. The summed E-state index contributed by atoms with van der Waals surface area (Å²) < 4.78 is 0. The van der Waals surface area contributed by atoms with Crippen molar-refractivity contribution >= 4 is 17.4 Å². The van der Waals surface area contributed by atoms with Crippen molar-refractivity contribution in [3.8, 4) is 0 Å². The number of nitrogens with zero attached hydrogens (tertiary/aromatic N) is 4. The van der Waals surface area contributed by atoms with Gasteiger partial charge in [0.15, 0.2) is 0 Å². The number of hydrogen-bond donors (Lipinski definition) is 0. The number of imide groups is 1. The van der Waals surface area contributed by atoms with Gasteiger partial charge in [0.05, 0.1) is 5.57 Å². The molecule has 18 heavy (non-hydrogen) atoms. The molecule has 2 rings (SSSR count). The van der Waals surface area contributed by atoms with Crippen LogP contribution < -0.4 is 0 Å². The Morgan fingerprint density at radius 1 is 1.11 bits per heavy atom. The topological polar surface area (TPSA) is 65.3 Å². The van der Waals surface area contributed by atoms with Gasteiger partial charge in [-0.3, -0.25) is 14.6 Å². The zero-order valence-electron chi connectivity index (χ0n) is 10.1. The molecular formula is C12H12N4O2. The van der Waals surface area contributed by atoms with Crippen LogP contribution in [0.25, 0.3) is 5.57 Å². The molecule has 1 aromatic carbocycles. The lowest BCUT2D eigenvalue weighted by molar-refractivity contribution is -0.137. The lowest BCUT2D eigenvalue weighted by Crippen LogP contribution is -2.25. The van der Waals surface area contributed by atoms with Gasteiger partial charge in [0.1, 0.15) is 0 Å². The molecule has 0 saturated heterocycles. The third-order valence-corrected chi connectivity index (χ3v) is 2.29. The summed E-state index contributed by atoms with van der Waals surface area (Å²) in [5.74, 6) is -0.943. The van der Waals surface area contributed by atoms with Crippen LogP contribution in [0, 0.1) is 0 Å². The molecule has 0 fully saturated rings. The summed E-state index contributed by atoms with van der Waals surface area (Å²) >= 11 is 0. The van der Waals surface area contributed by atoms with Crippen molar-refractivity contribution in [2.75, 3.05) is 14.1 Å². The highest BCUT2D eigenvalue weighted by Gasteiger charge is 2.32. The molecule has 92 valence electrons. The minimum absolute atomic E-state index is 0.332. The highest BCUT2D eigenvalue weighted by molar-refractivity contribution is 6.33. The summed E-state index contributed by atoms with van der Waals surface area (Å²) in [5.41, 5.74) is 1.02. The molecule has 0 spiro atoms. The van der Waals surface area contributed by atoms with Crippen LogP contribution in [0.4, 0.5) is 0 Å². The fraction of sp³-hybridized carbons (Fsp3) is 0.167. The molecular weight excluding hydrogens is 232 g/mol. The van der Waals surface area contributed by atoms with E-state index in [0.29, 0.717) is 11.1 Å². The minimum Gasteiger partial charge on any atom is -0.283 e. The van der Waals surface area contributed by atoms with Gasteiger partial charge in [0.25, 0.3) is 11.8 Å². The number of rotatable bonds is 3.